The number of carbonyl (C=O) groups is 1. The van der Waals surface area contributed by atoms with E-state index in [0.717, 1.165) is 36.9 Å². The Morgan fingerprint density at radius 2 is 1.79 bits per heavy atom. The van der Waals surface area contributed by atoms with Gasteiger partial charge in [0.1, 0.15) is 0 Å². The number of likely N-dealkylation sites (N-methyl/N-ethyl adjacent to an activating group) is 1. The van der Waals surface area contributed by atoms with Crippen molar-refractivity contribution in [2.45, 2.75) is 13.0 Å². The van der Waals surface area contributed by atoms with Crippen molar-refractivity contribution in [2.75, 3.05) is 38.1 Å². The normalized spacial score (nSPS) is 17.4. The average Bonchev–Trinajstić information content (AvgIpc) is 2.46. The maximum atomic E-state index is 12.0. The highest BCUT2D eigenvalue weighted by molar-refractivity contribution is 6.30. The first-order chi connectivity index (χ1) is 9.11. The van der Waals surface area contributed by atoms with Crippen molar-refractivity contribution in [3.63, 3.8) is 0 Å². The molecule has 0 radical (unpaired) electrons. The van der Waals surface area contributed by atoms with Crippen LogP contribution in [0.2, 0.25) is 5.02 Å². The topological polar surface area (TPSA) is 35.6 Å². The lowest BCUT2D eigenvalue weighted by molar-refractivity contribution is -0.133. The number of benzene rings is 1. The summed E-state index contributed by atoms with van der Waals surface area (Å²) in [5.41, 5.74) is 1.16. The molecule has 0 bridgehead atoms. The highest BCUT2D eigenvalue weighted by Gasteiger charge is 2.23. The predicted molar refractivity (Wildman–Crippen MR) is 78.8 cm³/mol. The third-order valence-electron chi connectivity index (χ3n) is 3.59. The molecular weight excluding hydrogens is 262 g/mol. The van der Waals surface area contributed by atoms with Crippen LogP contribution in [0.25, 0.3) is 0 Å². The molecule has 1 saturated heterocycles. The number of halogens is 1. The van der Waals surface area contributed by atoms with Crippen molar-refractivity contribution >= 4 is 23.2 Å². The summed E-state index contributed by atoms with van der Waals surface area (Å²) in [6.45, 7) is 5.17. The van der Waals surface area contributed by atoms with Crippen LogP contribution in [-0.2, 0) is 4.79 Å². The minimum absolute atomic E-state index is 0.109. The highest BCUT2D eigenvalue weighted by atomic mass is 35.5. The Bertz CT molecular complexity index is 427. The number of hydrogen-bond donors (Lipinski definition) is 1. The fourth-order valence-electron chi connectivity index (χ4n) is 2.23. The molecular formula is C14H20ClN3O. The molecule has 1 aliphatic rings. The van der Waals surface area contributed by atoms with Gasteiger partial charge in [0, 0.05) is 36.9 Å². The summed E-state index contributed by atoms with van der Waals surface area (Å²) in [5.74, 6) is 0.179. The van der Waals surface area contributed by atoms with Crippen LogP contribution < -0.4 is 10.2 Å². The standard InChI is InChI=1S/C14H20ClN3O/c1-11(16-2)14(19)18-9-7-17(8-10-18)13-5-3-12(15)4-6-13/h3-6,11,16H,7-10H2,1-2H3. The van der Waals surface area contributed by atoms with Gasteiger partial charge in [-0.05, 0) is 38.2 Å². The Labute approximate surface area is 119 Å². The molecule has 2 rings (SSSR count). The van der Waals surface area contributed by atoms with E-state index in [1.165, 1.54) is 0 Å². The summed E-state index contributed by atoms with van der Waals surface area (Å²) in [6, 6.07) is 7.74. The zero-order valence-corrected chi connectivity index (χ0v) is 12.2. The number of piperazine rings is 1. The van der Waals surface area contributed by atoms with Crippen LogP contribution in [0.1, 0.15) is 6.92 Å². The lowest BCUT2D eigenvalue weighted by Gasteiger charge is -2.37. The van der Waals surface area contributed by atoms with Gasteiger partial charge in [0.25, 0.3) is 0 Å². The third-order valence-corrected chi connectivity index (χ3v) is 3.84. The van der Waals surface area contributed by atoms with E-state index in [2.05, 4.69) is 10.2 Å². The second kappa shape index (κ2) is 6.26. The smallest absolute Gasteiger partial charge is 0.239 e. The van der Waals surface area contributed by atoms with Gasteiger partial charge in [-0.15, -0.1) is 0 Å². The summed E-state index contributed by atoms with van der Waals surface area (Å²) in [7, 11) is 1.81. The van der Waals surface area contributed by atoms with Crippen LogP contribution in [0.3, 0.4) is 0 Å². The van der Waals surface area contributed by atoms with E-state index in [0.29, 0.717) is 0 Å². The Hall–Kier alpha value is -1.26. The van der Waals surface area contributed by atoms with E-state index < -0.39 is 0 Å². The van der Waals surface area contributed by atoms with E-state index in [4.69, 9.17) is 11.6 Å². The van der Waals surface area contributed by atoms with Crippen LogP contribution in [0.15, 0.2) is 24.3 Å². The number of anilines is 1. The molecule has 0 aromatic heterocycles. The second-order valence-electron chi connectivity index (χ2n) is 4.80. The van der Waals surface area contributed by atoms with E-state index in [1.54, 1.807) is 0 Å². The Morgan fingerprint density at radius 3 is 2.32 bits per heavy atom. The summed E-state index contributed by atoms with van der Waals surface area (Å²) in [6.07, 6.45) is 0. The van der Waals surface area contributed by atoms with Crippen molar-refractivity contribution in [3.05, 3.63) is 29.3 Å². The Morgan fingerprint density at radius 1 is 1.21 bits per heavy atom. The molecule has 0 saturated carbocycles. The average molecular weight is 282 g/mol. The molecule has 1 heterocycles. The molecule has 1 aromatic rings. The van der Waals surface area contributed by atoms with Crippen LogP contribution in [-0.4, -0.2) is 50.1 Å². The Balaban J connectivity index is 1.92. The first kappa shape index (κ1) is 14.2. The highest BCUT2D eigenvalue weighted by Crippen LogP contribution is 2.19. The fraction of sp³-hybridized carbons (Fsp3) is 0.500. The molecule has 104 valence electrons. The first-order valence-corrected chi connectivity index (χ1v) is 6.96. The van der Waals surface area contributed by atoms with Crippen LogP contribution in [0.4, 0.5) is 5.69 Å². The number of amides is 1. The zero-order chi connectivity index (χ0) is 13.8. The van der Waals surface area contributed by atoms with Gasteiger partial charge in [0.15, 0.2) is 0 Å². The van der Waals surface area contributed by atoms with Gasteiger partial charge in [-0.25, -0.2) is 0 Å². The lowest BCUT2D eigenvalue weighted by Crippen LogP contribution is -2.53. The minimum Gasteiger partial charge on any atom is -0.368 e. The number of rotatable bonds is 3. The largest absolute Gasteiger partial charge is 0.368 e. The van der Waals surface area contributed by atoms with Gasteiger partial charge < -0.3 is 15.1 Å². The van der Waals surface area contributed by atoms with Crippen molar-refractivity contribution in [3.8, 4) is 0 Å². The molecule has 0 spiro atoms. The van der Waals surface area contributed by atoms with Crippen molar-refractivity contribution in [2.24, 2.45) is 0 Å². The van der Waals surface area contributed by atoms with Crippen LogP contribution in [0, 0.1) is 0 Å². The molecule has 1 N–H and O–H groups in total. The van der Waals surface area contributed by atoms with Gasteiger partial charge in [0.2, 0.25) is 5.91 Å². The van der Waals surface area contributed by atoms with E-state index in [-0.39, 0.29) is 11.9 Å². The molecule has 5 heteroatoms. The molecule has 1 unspecified atom stereocenters. The summed E-state index contributed by atoms with van der Waals surface area (Å²) >= 11 is 5.89. The van der Waals surface area contributed by atoms with E-state index in [9.17, 15) is 4.79 Å². The molecule has 4 nitrogen and oxygen atoms in total. The van der Waals surface area contributed by atoms with E-state index >= 15 is 0 Å². The number of nitrogens with one attached hydrogen (secondary N) is 1. The van der Waals surface area contributed by atoms with Crippen molar-refractivity contribution in [1.82, 2.24) is 10.2 Å². The van der Waals surface area contributed by atoms with Gasteiger partial charge in [0.05, 0.1) is 6.04 Å². The quantitative estimate of drug-likeness (QED) is 0.914. The zero-order valence-electron chi connectivity index (χ0n) is 11.4. The third kappa shape index (κ3) is 3.39. The fourth-order valence-corrected chi connectivity index (χ4v) is 2.36. The molecule has 1 aromatic carbocycles. The number of carbonyl (C=O) groups excluding carboxylic acids is 1. The summed E-state index contributed by atoms with van der Waals surface area (Å²) in [5, 5.41) is 3.74. The number of hydrogen-bond acceptors (Lipinski definition) is 3. The summed E-state index contributed by atoms with van der Waals surface area (Å²) in [4.78, 5) is 16.3. The molecule has 1 atom stereocenters. The molecule has 1 aliphatic heterocycles. The lowest BCUT2D eigenvalue weighted by atomic mass is 10.2. The van der Waals surface area contributed by atoms with Crippen molar-refractivity contribution < 1.29 is 4.79 Å². The molecule has 0 aliphatic carbocycles. The molecule has 1 amide bonds. The molecule has 1 fully saturated rings. The van der Waals surface area contributed by atoms with Gasteiger partial charge in [-0.2, -0.15) is 0 Å². The molecule has 19 heavy (non-hydrogen) atoms. The second-order valence-corrected chi connectivity index (χ2v) is 5.24. The maximum absolute atomic E-state index is 12.0. The van der Waals surface area contributed by atoms with Gasteiger partial charge in [-0.3, -0.25) is 4.79 Å². The first-order valence-electron chi connectivity index (χ1n) is 6.58. The monoisotopic (exact) mass is 281 g/mol. The van der Waals surface area contributed by atoms with Crippen LogP contribution >= 0.6 is 11.6 Å². The van der Waals surface area contributed by atoms with Gasteiger partial charge in [-0.1, -0.05) is 11.6 Å². The summed E-state index contributed by atoms with van der Waals surface area (Å²) < 4.78 is 0. The maximum Gasteiger partial charge on any atom is 0.239 e. The van der Waals surface area contributed by atoms with Gasteiger partial charge >= 0.3 is 0 Å². The minimum atomic E-state index is -0.109. The predicted octanol–water partition coefficient (Wildman–Crippen LogP) is 1.60. The Kier molecular flexibility index (Phi) is 4.66. The van der Waals surface area contributed by atoms with Crippen molar-refractivity contribution in [1.29, 1.82) is 0 Å². The number of nitrogens with zero attached hydrogens (tertiary/aromatic N) is 2. The van der Waals surface area contributed by atoms with E-state index in [1.807, 2.05) is 43.1 Å². The SMILES string of the molecule is CNC(C)C(=O)N1CCN(c2ccc(Cl)cc2)CC1. The van der Waals surface area contributed by atoms with Crippen LogP contribution in [0.5, 0.6) is 0 Å².